The predicted octanol–water partition coefficient (Wildman–Crippen LogP) is 1.81. The summed E-state index contributed by atoms with van der Waals surface area (Å²) in [7, 11) is 0. The van der Waals surface area contributed by atoms with Crippen molar-refractivity contribution in [1.82, 2.24) is 15.2 Å². The van der Waals surface area contributed by atoms with Gasteiger partial charge in [0.15, 0.2) is 0 Å². The minimum Gasteiger partial charge on any atom is -0.356 e. The standard InChI is InChI=1S/C18H27N5O3/c1-2-21-9-4-6-15(21)11-20-18(24)14-5-3-10-22(13-14)17-8-7-16(12-19-17)23(25)26/h7-8,12,14-15H,2-6,9-11,13H2,1H3,(H,20,24)/t14-,15-/m1/s1. The first-order chi connectivity index (χ1) is 12.6. The van der Waals surface area contributed by atoms with Gasteiger partial charge in [-0.25, -0.2) is 4.98 Å². The molecule has 2 aliphatic rings. The second-order valence-corrected chi connectivity index (χ2v) is 7.09. The Bertz CT molecular complexity index is 636. The van der Waals surface area contributed by atoms with E-state index >= 15 is 0 Å². The highest BCUT2D eigenvalue weighted by atomic mass is 16.6. The molecule has 0 aromatic carbocycles. The average molecular weight is 361 g/mol. The van der Waals surface area contributed by atoms with Gasteiger partial charge in [0.1, 0.15) is 12.0 Å². The van der Waals surface area contributed by atoms with Gasteiger partial charge in [-0.3, -0.25) is 19.8 Å². The molecule has 2 atom stereocenters. The Balaban J connectivity index is 1.54. The van der Waals surface area contributed by atoms with Gasteiger partial charge in [-0.2, -0.15) is 0 Å². The summed E-state index contributed by atoms with van der Waals surface area (Å²) in [6.07, 6.45) is 5.42. The number of anilines is 1. The zero-order valence-electron chi connectivity index (χ0n) is 15.3. The summed E-state index contributed by atoms with van der Waals surface area (Å²) in [5.74, 6) is 0.748. The van der Waals surface area contributed by atoms with Crippen molar-refractivity contribution < 1.29 is 9.72 Å². The molecule has 8 heteroatoms. The van der Waals surface area contributed by atoms with Gasteiger partial charge in [-0.05, 0) is 44.8 Å². The number of amides is 1. The normalized spacial score (nSPS) is 23.8. The Morgan fingerprint density at radius 3 is 2.85 bits per heavy atom. The summed E-state index contributed by atoms with van der Waals surface area (Å²) in [6.45, 7) is 6.47. The predicted molar refractivity (Wildman–Crippen MR) is 99.1 cm³/mol. The maximum atomic E-state index is 12.6. The van der Waals surface area contributed by atoms with Crippen molar-refractivity contribution in [2.45, 2.75) is 38.6 Å². The number of nitrogens with zero attached hydrogens (tertiary/aromatic N) is 4. The topological polar surface area (TPSA) is 91.6 Å². The molecule has 1 N–H and O–H groups in total. The number of carbonyl (C=O) groups is 1. The molecule has 0 unspecified atom stereocenters. The highest BCUT2D eigenvalue weighted by molar-refractivity contribution is 5.79. The molecule has 2 aliphatic heterocycles. The largest absolute Gasteiger partial charge is 0.356 e. The first-order valence-corrected chi connectivity index (χ1v) is 9.45. The molecule has 3 heterocycles. The minimum atomic E-state index is -0.453. The molecule has 26 heavy (non-hydrogen) atoms. The molecule has 1 aromatic heterocycles. The maximum Gasteiger partial charge on any atom is 0.287 e. The van der Waals surface area contributed by atoms with Crippen LogP contribution >= 0.6 is 0 Å². The number of piperidine rings is 1. The molecular formula is C18H27N5O3. The number of hydrogen-bond donors (Lipinski definition) is 1. The van der Waals surface area contributed by atoms with Crippen LogP contribution < -0.4 is 10.2 Å². The van der Waals surface area contributed by atoms with Gasteiger partial charge < -0.3 is 10.2 Å². The van der Waals surface area contributed by atoms with Crippen LogP contribution in [0.25, 0.3) is 0 Å². The number of likely N-dealkylation sites (tertiary alicyclic amines) is 1. The highest BCUT2D eigenvalue weighted by Gasteiger charge is 2.28. The van der Waals surface area contributed by atoms with Crippen LogP contribution in [0.15, 0.2) is 18.3 Å². The molecule has 1 aromatic rings. The van der Waals surface area contributed by atoms with Crippen molar-refractivity contribution in [3.05, 3.63) is 28.4 Å². The number of aromatic nitrogens is 1. The van der Waals surface area contributed by atoms with Crippen LogP contribution in [0.2, 0.25) is 0 Å². The zero-order chi connectivity index (χ0) is 18.5. The van der Waals surface area contributed by atoms with E-state index in [1.165, 1.54) is 18.7 Å². The fourth-order valence-corrected chi connectivity index (χ4v) is 3.98. The van der Waals surface area contributed by atoms with E-state index in [2.05, 4.69) is 22.1 Å². The Kier molecular flexibility index (Phi) is 6.03. The van der Waals surface area contributed by atoms with Crippen molar-refractivity contribution in [2.75, 3.05) is 37.6 Å². The number of likely N-dealkylation sites (N-methyl/N-ethyl adjacent to an activating group) is 1. The molecule has 0 spiro atoms. The van der Waals surface area contributed by atoms with Gasteiger partial charge >= 0.3 is 0 Å². The lowest BCUT2D eigenvalue weighted by atomic mass is 9.97. The van der Waals surface area contributed by atoms with E-state index in [9.17, 15) is 14.9 Å². The summed E-state index contributed by atoms with van der Waals surface area (Å²) in [5, 5.41) is 13.9. The van der Waals surface area contributed by atoms with E-state index in [-0.39, 0.29) is 17.5 Å². The SMILES string of the molecule is CCN1CCC[C@@H]1CNC(=O)[C@@H]1CCCN(c2ccc([N+](=O)[O-])cn2)C1. The van der Waals surface area contributed by atoms with Crippen molar-refractivity contribution in [1.29, 1.82) is 0 Å². The Labute approximate surface area is 153 Å². The van der Waals surface area contributed by atoms with Crippen LogP contribution in [0.1, 0.15) is 32.6 Å². The van der Waals surface area contributed by atoms with E-state index in [1.54, 1.807) is 6.07 Å². The summed E-state index contributed by atoms with van der Waals surface area (Å²) in [6, 6.07) is 3.58. The van der Waals surface area contributed by atoms with Crippen LogP contribution in [-0.4, -0.2) is 59.5 Å². The Morgan fingerprint density at radius 2 is 2.15 bits per heavy atom. The molecule has 142 valence electrons. The number of nitro groups is 1. The second-order valence-electron chi connectivity index (χ2n) is 7.09. The number of pyridine rings is 1. The van der Waals surface area contributed by atoms with Crippen molar-refractivity contribution in [2.24, 2.45) is 5.92 Å². The maximum absolute atomic E-state index is 12.6. The van der Waals surface area contributed by atoms with E-state index in [4.69, 9.17) is 0 Å². The van der Waals surface area contributed by atoms with Gasteiger partial charge in [0.2, 0.25) is 5.91 Å². The van der Waals surface area contributed by atoms with Crippen molar-refractivity contribution in [3.63, 3.8) is 0 Å². The lowest BCUT2D eigenvalue weighted by molar-refractivity contribution is -0.385. The van der Waals surface area contributed by atoms with Crippen molar-refractivity contribution in [3.8, 4) is 0 Å². The van der Waals surface area contributed by atoms with E-state index < -0.39 is 4.92 Å². The molecule has 0 aliphatic carbocycles. The molecule has 1 amide bonds. The number of carbonyl (C=O) groups excluding carboxylic acids is 1. The molecule has 0 saturated carbocycles. The molecule has 8 nitrogen and oxygen atoms in total. The summed E-state index contributed by atoms with van der Waals surface area (Å²) < 4.78 is 0. The second kappa shape index (κ2) is 8.44. The smallest absolute Gasteiger partial charge is 0.287 e. The lowest BCUT2D eigenvalue weighted by Gasteiger charge is -2.33. The van der Waals surface area contributed by atoms with E-state index in [0.29, 0.717) is 18.4 Å². The highest BCUT2D eigenvalue weighted by Crippen LogP contribution is 2.23. The summed E-state index contributed by atoms with van der Waals surface area (Å²) in [4.78, 5) is 31.6. The third-order valence-electron chi connectivity index (χ3n) is 5.48. The first kappa shape index (κ1) is 18.6. The molecule has 2 fully saturated rings. The molecular weight excluding hydrogens is 334 g/mol. The van der Waals surface area contributed by atoms with Gasteiger partial charge in [0.05, 0.1) is 10.8 Å². The molecule has 2 saturated heterocycles. The van der Waals surface area contributed by atoms with Crippen LogP contribution in [0, 0.1) is 16.0 Å². The van der Waals surface area contributed by atoms with Gasteiger partial charge in [0.25, 0.3) is 5.69 Å². The van der Waals surface area contributed by atoms with Crippen molar-refractivity contribution >= 4 is 17.4 Å². The minimum absolute atomic E-state index is 0.0166. The average Bonchev–Trinajstić information content (AvgIpc) is 3.14. The van der Waals surface area contributed by atoms with E-state index in [0.717, 1.165) is 45.4 Å². The Hall–Kier alpha value is -2.22. The van der Waals surface area contributed by atoms with Gasteiger partial charge in [-0.1, -0.05) is 6.92 Å². The van der Waals surface area contributed by atoms with Crippen LogP contribution in [0.5, 0.6) is 0 Å². The lowest BCUT2D eigenvalue weighted by Crippen LogP contribution is -2.46. The fraction of sp³-hybridized carbons (Fsp3) is 0.667. The number of rotatable bonds is 6. The third kappa shape index (κ3) is 4.30. The molecule has 0 bridgehead atoms. The third-order valence-corrected chi connectivity index (χ3v) is 5.48. The molecule has 3 rings (SSSR count). The number of nitrogens with one attached hydrogen (secondary N) is 1. The summed E-state index contributed by atoms with van der Waals surface area (Å²) in [5.41, 5.74) is -0.0166. The fourth-order valence-electron chi connectivity index (χ4n) is 3.98. The Morgan fingerprint density at radius 1 is 1.35 bits per heavy atom. The zero-order valence-corrected chi connectivity index (χ0v) is 15.3. The van der Waals surface area contributed by atoms with Gasteiger partial charge in [-0.15, -0.1) is 0 Å². The monoisotopic (exact) mass is 361 g/mol. The quantitative estimate of drug-likeness (QED) is 0.614. The van der Waals surface area contributed by atoms with Gasteiger partial charge in [0, 0.05) is 31.7 Å². The number of hydrogen-bond acceptors (Lipinski definition) is 6. The first-order valence-electron chi connectivity index (χ1n) is 9.45. The molecule has 0 radical (unpaired) electrons. The summed E-state index contributed by atoms with van der Waals surface area (Å²) >= 11 is 0. The van der Waals surface area contributed by atoms with Crippen LogP contribution in [0.3, 0.4) is 0 Å². The van der Waals surface area contributed by atoms with E-state index in [1.807, 2.05) is 4.90 Å². The van der Waals surface area contributed by atoms with Crippen LogP contribution in [0.4, 0.5) is 11.5 Å². The van der Waals surface area contributed by atoms with Crippen LogP contribution in [-0.2, 0) is 4.79 Å².